The number of oxazole rings is 1. The number of nitrogens with zero attached hydrogens (tertiary/aromatic N) is 3. The van der Waals surface area contributed by atoms with E-state index in [0.717, 1.165) is 29.5 Å². The second kappa shape index (κ2) is 10.5. The molecule has 32 heavy (non-hydrogen) atoms. The summed E-state index contributed by atoms with van der Waals surface area (Å²) in [7, 11) is 0. The maximum atomic E-state index is 12.4. The first-order valence-electron chi connectivity index (χ1n) is 10.8. The summed E-state index contributed by atoms with van der Waals surface area (Å²) in [6.07, 6.45) is 5.38. The Morgan fingerprint density at radius 2 is 1.88 bits per heavy atom. The van der Waals surface area contributed by atoms with E-state index in [1.165, 1.54) is 6.20 Å². The Balaban J connectivity index is 1.73. The van der Waals surface area contributed by atoms with E-state index in [-0.39, 0.29) is 23.6 Å². The highest BCUT2D eigenvalue weighted by Crippen LogP contribution is 2.26. The van der Waals surface area contributed by atoms with E-state index in [2.05, 4.69) is 20.6 Å². The number of amides is 2. The van der Waals surface area contributed by atoms with Gasteiger partial charge in [0.05, 0.1) is 18.8 Å². The SMILES string of the molecule is CCC(CC)NC(=O)c1cnc(-c2cccc(C3=CC(C(=O)N[C@H](C#N)CC)=NC3)c2)o1. The molecule has 0 saturated carbocycles. The molecule has 0 aliphatic carbocycles. The van der Waals surface area contributed by atoms with Gasteiger partial charge in [-0.15, -0.1) is 0 Å². The number of benzene rings is 1. The first-order valence-corrected chi connectivity index (χ1v) is 10.8. The van der Waals surface area contributed by atoms with E-state index in [1.807, 2.05) is 51.1 Å². The van der Waals surface area contributed by atoms with Gasteiger partial charge in [0.25, 0.3) is 11.8 Å². The monoisotopic (exact) mass is 433 g/mol. The second-order valence-electron chi connectivity index (χ2n) is 7.53. The summed E-state index contributed by atoms with van der Waals surface area (Å²) in [5, 5.41) is 14.6. The van der Waals surface area contributed by atoms with Gasteiger partial charge in [0.1, 0.15) is 11.8 Å². The van der Waals surface area contributed by atoms with Crippen LogP contribution in [0.25, 0.3) is 17.0 Å². The molecule has 166 valence electrons. The quantitative estimate of drug-likeness (QED) is 0.627. The summed E-state index contributed by atoms with van der Waals surface area (Å²) in [4.78, 5) is 33.3. The average molecular weight is 434 g/mol. The van der Waals surface area contributed by atoms with Crippen molar-refractivity contribution in [2.45, 2.75) is 52.1 Å². The van der Waals surface area contributed by atoms with Crippen molar-refractivity contribution in [3.8, 4) is 17.5 Å². The summed E-state index contributed by atoms with van der Waals surface area (Å²) in [5.41, 5.74) is 2.77. The van der Waals surface area contributed by atoms with Crippen molar-refractivity contribution in [2.75, 3.05) is 6.54 Å². The van der Waals surface area contributed by atoms with E-state index in [9.17, 15) is 9.59 Å². The molecule has 8 nitrogen and oxygen atoms in total. The lowest BCUT2D eigenvalue weighted by molar-refractivity contribution is -0.115. The zero-order valence-corrected chi connectivity index (χ0v) is 18.5. The van der Waals surface area contributed by atoms with E-state index in [4.69, 9.17) is 9.68 Å². The number of nitriles is 1. The van der Waals surface area contributed by atoms with Crippen molar-refractivity contribution in [1.82, 2.24) is 15.6 Å². The van der Waals surface area contributed by atoms with Crippen LogP contribution in [-0.4, -0.2) is 41.1 Å². The molecule has 1 aliphatic heterocycles. The predicted octanol–water partition coefficient (Wildman–Crippen LogP) is 3.52. The smallest absolute Gasteiger partial charge is 0.288 e. The van der Waals surface area contributed by atoms with Crippen molar-refractivity contribution >= 4 is 23.1 Å². The van der Waals surface area contributed by atoms with Gasteiger partial charge in [-0.25, -0.2) is 4.98 Å². The molecule has 0 radical (unpaired) electrons. The van der Waals surface area contributed by atoms with E-state index >= 15 is 0 Å². The summed E-state index contributed by atoms with van der Waals surface area (Å²) in [5.74, 6) is -0.120. The van der Waals surface area contributed by atoms with Crippen LogP contribution in [0.1, 0.15) is 56.2 Å². The Labute approximate surface area is 187 Å². The van der Waals surface area contributed by atoms with Crippen LogP contribution in [-0.2, 0) is 4.79 Å². The fourth-order valence-electron chi connectivity index (χ4n) is 3.31. The third-order valence-electron chi connectivity index (χ3n) is 5.36. The number of aromatic nitrogens is 1. The topological polar surface area (TPSA) is 120 Å². The van der Waals surface area contributed by atoms with Crippen LogP contribution in [0.4, 0.5) is 0 Å². The molecule has 2 heterocycles. The Morgan fingerprint density at radius 1 is 1.12 bits per heavy atom. The van der Waals surface area contributed by atoms with Gasteiger partial charge in [0.15, 0.2) is 0 Å². The summed E-state index contributed by atoms with van der Waals surface area (Å²) < 4.78 is 5.70. The highest BCUT2D eigenvalue weighted by atomic mass is 16.4. The second-order valence-corrected chi connectivity index (χ2v) is 7.53. The van der Waals surface area contributed by atoms with Crippen LogP contribution in [0.2, 0.25) is 0 Å². The zero-order valence-electron chi connectivity index (χ0n) is 18.5. The molecule has 0 saturated heterocycles. The molecule has 0 spiro atoms. The Bertz CT molecular complexity index is 1090. The lowest BCUT2D eigenvalue weighted by Crippen LogP contribution is -2.37. The third-order valence-corrected chi connectivity index (χ3v) is 5.36. The molecular weight excluding hydrogens is 406 g/mol. The van der Waals surface area contributed by atoms with E-state index in [0.29, 0.717) is 24.6 Å². The summed E-state index contributed by atoms with van der Waals surface area (Å²) in [6, 6.07) is 9.13. The molecule has 3 rings (SSSR count). The van der Waals surface area contributed by atoms with Gasteiger partial charge in [-0.1, -0.05) is 32.9 Å². The standard InChI is InChI=1S/C24H27N5O3/c1-4-18(5-2)28-23(31)21-14-27-24(32-21)16-9-7-8-15(10-16)17-11-20(26-13-17)22(30)29-19(6-3)12-25/h7-11,14,18-19H,4-6,13H2,1-3H3,(H,28,31)(H,29,30)/t19-/m0/s1. The molecule has 1 aromatic carbocycles. The minimum Gasteiger partial charge on any atom is -0.431 e. The van der Waals surface area contributed by atoms with Gasteiger partial charge in [0.2, 0.25) is 11.7 Å². The van der Waals surface area contributed by atoms with Gasteiger partial charge >= 0.3 is 0 Å². The lowest BCUT2D eigenvalue weighted by Gasteiger charge is -2.12. The number of carbonyl (C=O) groups excluding carboxylic acids is 2. The minimum absolute atomic E-state index is 0.0980. The molecular formula is C24H27N5O3. The Hall–Kier alpha value is -3.73. The summed E-state index contributed by atoms with van der Waals surface area (Å²) in [6.45, 7) is 6.24. The first-order chi connectivity index (χ1) is 15.5. The maximum absolute atomic E-state index is 12.4. The molecule has 1 aliphatic rings. The van der Waals surface area contributed by atoms with Crippen molar-refractivity contribution in [3.05, 3.63) is 47.9 Å². The van der Waals surface area contributed by atoms with Crippen LogP contribution in [0, 0.1) is 11.3 Å². The van der Waals surface area contributed by atoms with Crippen molar-refractivity contribution in [2.24, 2.45) is 4.99 Å². The van der Waals surface area contributed by atoms with Gasteiger partial charge in [0, 0.05) is 11.6 Å². The third kappa shape index (κ3) is 5.30. The molecule has 8 heteroatoms. The van der Waals surface area contributed by atoms with Crippen LogP contribution in [0.15, 0.2) is 45.9 Å². The number of carbonyl (C=O) groups is 2. The van der Waals surface area contributed by atoms with Crippen molar-refractivity contribution < 1.29 is 14.0 Å². The molecule has 2 N–H and O–H groups in total. The molecule has 0 unspecified atom stereocenters. The van der Waals surface area contributed by atoms with Crippen molar-refractivity contribution in [3.63, 3.8) is 0 Å². The maximum Gasteiger partial charge on any atom is 0.288 e. The minimum atomic E-state index is -0.535. The molecule has 0 bridgehead atoms. The Kier molecular flexibility index (Phi) is 7.55. The zero-order chi connectivity index (χ0) is 23.1. The largest absolute Gasteiger partial charge is 0.431 e. The lowest BCUT2D eigenvalue weighted by atomic mass is 10.0. The molecule has 1 aromatic heterocycles. The number of hydrogen-bond acceptors (Lipinski definition) is 6. The fraction of sp³-hybridized carbons (Fsp3) is 0.375. The van der Waals surface area contributed by atoms with Gasteiger partial charge in [-0.2, -0.15) is 5.26 Å². The number of aliphatic imine (C=N–C) groups is 1. The molecule has 0 fully saturated rings. The highest BCUT2D eigenvalue weighted by Gasteiger charge is 2.20. The Morgan fingerprint density at radius 3 is 2.56 bits per heavy atom. The van der Waals surface area contributed by atoms with E-state index in [1.54, 1.807) is 6.08 Å². The molecule has 2 amide bonds. The summed E-state index contributed by atoms with van der Waals surface area (Å²) >= 11 is 0. The van der Waals surface area contributed by atoms with Gasteiger partial charge < -0.3 is 15.1 Å². The average Bonchev–Trinajstić information content (AvgIpc) is 3.51. The fourth-order valence-corrected chi connectivity index (χ4v) is 3.31. The first kappa shape index (κ1) is 22.9. The molecule has 1 atom stereocenters. The van der Waals surface area contributed by atoms with Gasteiger partial charge in [-0.05, 0) is 48.6 Å². The number of nitrogens with one attached hydrogen (secondary N) is 2. The number of hydrogen-bond donors (Lipinski definition) is 2. The number of rotatable bonds is 9. The van der Waals surface area contributed by atoms with Crippen LogP contribution in [0.5, 0.6) is 0 Å². The van der Waals surface area contributed by atoms with Gasteiger partial charge in [-0.3, -0.25) is 14.6 Å². The highest BCUT2D eigenvalue weighted by molar-refractivity contribution is 6.45. The predicted molar refractivity (Wildman–Crippen MR) is 122 cm³/mol. The van der Waals surface area contributed by atoms with Crippen LogP contribution < -0.4 is 10.6 Å². The van der Waals surface area contributed by atoms with E-state index < -0.39 is 6.04 Å². The van der Waals surface area contributed by atoms with Crippen LogP contribution in [0.3, 0.4) is 0 Å². The molecule has 2 aromatic rings. The van der Waals surface area contributed by atoms with Crippen molar-refractivity contribution in [1.29, 1.82) is 5.26 Å². The van der Waals surface area contributed by atoms with Crippen LogP contribution >= 0.6 is 0 Å². The normalized spacial score (nSPS) is 13.8.